The third kappa shape index (κ3) is 7.69. The van der Waals surface area contributed by atoms with Crippen LogP contribution >= 0.6 is 0 Å². The molecular weight excluding hydrogens is 552 g/mol. The molecule has 1 aromatic heterocycles. The second-order valence-corrected chi connectivity index (χ2v) is 9.49. The number of rotatable bonds is 9. The van der Waals surface area contributed by atoms with Gasteiger partial charge in [0.1, 0.15) is 18.5 Å². The average Bonchev–Trinajstić information content (AvgIpc) is 3.41. The molecule has 2 aromatic carbocycles. The van der Waals surface area contributed by atoms with E-state index >= 15 is 0 Å². The van der Waals surface area contributed by atoms with Crippen molar-refractivity contribution >= 4 is 23.9 Å². The third-order valence-corrected chi connectivity index (χ3v) is 6.03. The largest absolute Gasteiger partial charge is 0.463 e. The highest BCUT2D eigenvalue weighted by Gasteiger charge is 2.53. The number of ether oxygens (including phenoxy) is 6. The first-order chi connectivity index (χ1) is 20.0. The molecule has 2 heterocycles. The van der Waals surface area contributed by atoms with Crippen molar-refractivity contribution in [3.05, 3.63) is 54.1 Å². The van der Waals surface area contributed by atoms with Crippen molar-refractivity contribution in [3.63, 3.8) is 0 Å². The van der Waals surface area contributed by atoms with Gasteiger partial charge in [-0.3, -0.25) is 19.2 Å². The number of carbonyl (C=O) groups is 4. The maximum absolute atomic E-state index is 12.0. The molecule has 0 unspecified atom stereocenters. The maximum atomic E-state index is 12.0. The van der Waals surface area contributed by atoms with E-state index < -0.39 is 54.6 Å². The zero-order chi connectivity index (χ0) is 30.4. The van der Waals surface area contributed by atoms with E-state index in [2.05, 4.69) is 10.2 Å². The molecule has 0 amide bonds. The lowest BCUT2D eigenvalue weighted by atomic mass is 9.98. The van der Waals surface area contributed by atoms with E-state index in [0.717, 1.165) is 31.9 Å². The van der Waals surface area contributed by atoms with Crippen LogP contribution in [0.15, 0.2) is 52.9 Å². The normalized spacial score (nSPS) is 21.6. The van der Waals surface area contributed by atoms with Gasteiger partial charge in [0.25, 0.3) is 0 Å². The van der Waals surface area contributed by atoms with Gasteiger partial charge in [0, 0.05) is 38.8 Å². The van der Waals surface area contributed by atoms with Gasteiger partial charge in [-0.15, -0.1) is 10.2 Å². The molecule has 1 aliphatic rings. The number of aromatic nitrogens is 2. The van der Waals surface area contributed by atoms with Crippen molar-refractivity contribution < 1.29 is 52.0 Å². The summed E-state index contributed by atoms with van der Waals surface area (Å²) >= 11 is 0. The number of nitrogens with zero attached hydrogens (tertiary/aromatic N) is 2. The minimum atomic E-state index is -1.35. The molecule has 0 aliphatic carbocycles. The molecule has 5 atom stereocenters. The van der Waals surface area contributed by atoms with Gasteiger partial charge in [-0.2, -0.15) is 0 Å². The van der Waals surface area contributed by atoms with Gasteiger partial charge in [0.15, 0.2) is 12.2 Å². The first-order valence-corrected chi connectivity index (χ1v) is 13.0. The van der Waals surface area contributed by atoms with E-state index in [1.807, 2.05) is 31.2 Å². The lowest BCUT2D eigenvalue weighted by Gasteiger charge is -2.43. The van der Waals surface area contributed by atoms with Crippen LogP contribution in [0.2, 0.25) is 0 Å². The molecular formula is C29H30N2O11. The number of carbonyl (C=O) groups excluding carboxylic acids is 4. The van der Waals surface area contributed by atoms with Crippen LogP contribution in [-0.4, -0.2) is 71.4 Å². The SMILES string of the molecule is CC(=O)OC[C@H]1O[C@@H](Oc2ccc(-c3nnc(-c4ccc(C)cc4)o3)cc2)[C@H](OC(C)=O)[C@@H](OC(C)=O)[C@@H]1OC(C)=O. The fourth-order valence-corrected chi connectivity index (χ4v) is 4.25. The Kier molecular flexibility index (Phi) is 9.53. The summed E-state index contributed by atoms with van der Waals surface area (Å²) in [5, 5.41) is 8.23. The lowest BCUT2D eigenvalue weighted by Crippen LogP contribution is -2.63. The fourth-order valence-electron chi connectivity index (χ4n) is 4.25. The topological polar surface area (TPSA) is 163 Å². The van der Waals surface area contributed by atoms with Crippen molar-refractivity contribution in [2.75, 3.05) is 6.61 Å². The van der Waals surface area contributed by atoms with E-state index in [4.69, 9.17) is 32.8 Å². The van der Waals surface area contributed by atoms with Crippen LogP contribution in [0.1, 0.15) is 33.3 Å². The second-order valence-electron chi connectivity index (χ2n) is 9.49. The highest BCUT2D eigenvalue weighted by atomic mass is 16.7. The summed E-state index contributed by atoms with van der Waals surface area (Å²) in [7, 11) is 0. The summed E-state index contributed by atoms with van der Waals surface area (Å²) in [6, 6.07) is 14.2. The van der Waals surface area contributed by atoms with E-state index in [9.17, 15) is 19.2 Å². The molecule has 0 saturated carbocycles. The van der Waals surface area contributed by atoms with Crippen molar-refractivity contribution in [2.45, 2.75) is 65.3 Å². The molecule has 1 aliphatic heterocycles. The highest BCUT2D eigenvalue weighted by molar-refractivity contribution is 5.69. The average molecular weight is 583 g/mol. The Hall–Kier alpha value is -4.78. The van der Waals surface area contributed by atoms with E-state index in [0.29, 0.717) is 11.5 Å². The molecule has 4 rings (SSSR count). The van der Waals surface area contributed by atoms with E-state index in [-0.39, 0.29) is 18.2 Å². The molecule has 13 nitrogen and oxygen atoms in total. The minimum Gasteiger partial charge on any atom is -0.463 e. The van der Waals surface area contributed by atoms with Crippen LogP contribution in [0.5, 0.6) is 5.75 Å². The highest BCUT2D eigenvalue weighted by Crippen LogP contribution is 2.32. The summed E-state index contributed by atoms with van der Waals surface area (Å²) in [4.78, 5) is 47.4. The van der Waals surface area contributed by atoms with Crippen LogP contribution in [-0.2, 0) is 42.9 Å². The Balaban J connectivity index is 1.59. The first kappa shape index (κ1) is 30.2. The van der Waals surface area contributed by atoms with Gasteiger partial charge in [-0.05, 0) is 43.3 Å². The van der Waals surface area contributed by atoms with E-state index in [1.165, 1.54) is 6.92 Å². The molecule has 0 radical (unpaired) electrons. The van der Waals surface area contributed by atoms with Gasteiger partial charge >= 0.3 is 23.9 Å². The summed E-state index contributed by atoms with van der Waals surface area (Å²) in [5.41, 5.74) is 2.49. The van der Waals surface area contributed by atoms with Crippen LogP contribution in [0, 0.1) is 6.92 Å². The van der Waals surface area contributed by atoms with Crippen molar-refractivity contribution in [2.24, 2.45) is 0 Å². The van der Waals surface area contributed by atoms with Crippen LogP contribution < -0.4 is 4.74 Å². The molecule has 1 fully saturated rings. The summed E-state index contributed by atoms with van der Waals surface area (Å²) < 4.78 is 39.1. The second kappa shape index (κ2) is 13.3. The number of aryl methyl sites for hydroxylation is 1. The van der Waals surface area contributed by atoms with Gasteiger partial charge in [-0.25, -0.2) is 0 Å². The first-order valence-electron chi connectivity index (χ1n) is 13.0. The summed E-state index contributed by atoms with van der Waals surface area (Å²) in [6.07, 6.45) is -6.45. The zero-order valence-corrected chi connectivity index (χ0v) is 23.6. The van der Waals surface area contributed by atoms with Gasteiger partial charge < -0.3 is 32.8 Å². The molecule has 3 aromatic rings. The van der Waals surface area contributed by atoms with Crippen molar-refractivity contribution in [1.29, 1.82) is 0 Å². The quantitative estimate of drug-likeness (QED) is 0.267. The molecule has 13 heteroatoms. The van der Waals surface area contributed by atoms with Crippen molar-refractivity contribution in [1.82, 2.24) is 10.2 Å². The fraction of sp³-hybridized carbons (Fsp3) is 0.379. The maximum Gasteiger partial charge on any atom is 0.303 e. The van der Waals surface area contributed by atoms with Crippen LogP contribution in [0.3, 0.4) is 0 Å². The van der Waals surface area contributed by atoms with Crippen molar-refractivity contribution in [3.8, 4) is 28.7 Å². The molecule has 222 valence electrons. The Morgan fingerprint density at radius 3 is 1.71 bits per heavy atom. The number of esters is 4. The number of benzene rings is 2. The Morgan fingerprint density at radius 1 is 0.690 bits per heavy atom. The zero-order valence-electron chi connectivity index (χ0n) is 23.6. The smallest absolute Gasteiger partial charge is 0.303 e. The van der Waals surface area contributed by atoms with Gasteiger partial charge in [-0.1, -0.05) is 17.7 Å². The third-order valence-electron chi connectivity index (χ3n) is 6.03. The van der Waals surface area contributed by atoms with Gasteiger partial charge in [0.2, 0.25) is 24.2 Å². The Bertz CT molecular complexity index is 1420. The standard InChI is InChI=1S/C29H30N2O11/c1-15-6-8-20(9-7-15)27-30-31-28(42-27)21-10-12-22(13-11-21)40-29-26(39-19(5)35)25(38-18(4)34)24(37-17(3)33)23(41-29)14-36-16(2)32/h6-13,23-26,29H,14H2,1-5H3/t23-,24-,25+,26-,29-/m1/s1. The van der Waals surface area contributed by atoms with Crippen LogP contribution in [0.4, 0.5) is 0 Å². The van der Waals surface area contributed by atoms with Crippen LogP contribution in [0.25, 0.3) is 22.9 Å². The molecule has 1 saturated heterocycles. The molecule has 0 bridgehead atoms. The lowest BCUT2D eigenvalue weighted by molar-refractivity contribution is -0.288. The summed E-state index contributed by atoms with van der Waals surface area (Å²) in [6.45, 7) is 6.25. The predicted molar refractivity (Wildman–Crippen MR) is 142 cm³/mol. The molecule has 0 N–H and O–H groups in total. The minimum absolute atomic E-state index is 0.276. The predicted octanol–water partition coefficient (Wildman–Crippen LogP) is 3.17. The Labute approximate surface area is 241 Å². The number of hydrogen-bond acceptors (Lipinski definition) is 13. The number of hydrogen-bond donors (Lipinski definition) is 0. The van der Waals surface area contributed by atoms with E-state index in [1.54, 1.807) is 24.3 Å². The molecule has 0 spiro atoms. The molecule has 42 heavy (non-hydrogen) atoms. The van der Waals surface area contributed by atoms with Gasteiger partial charge in [0.05, 0.1) is 0 Å². The summed E-state index contributed by atoms with van der Waals surface area (Å²) in [5.74, 6) is -1.90. The monoisotopic (exact) mass is 582 g/mol. The Morgan fingerprint density at radius 2 is 1.19 bits per heavy atom.